The van der Waals surface area contributed by atoms with E-state index in [1.807, 2.05) is 0 Å². The lowest BCUT2D eigenvalue weighted by atomic mass is 9.77. The highest BCUT2D eigenvalue weighted by Crippen LogP contribution is 2.45. The largest absolute Gasteiger partial charge is 0.573 e. The number of alkyl halides is 3. The summed E-state index contributed by atoms with van der Waals surface area (Å²) in [5.74, 6) is -2.07. The van der Waals surface area contributed by atoms with E-state index in [1.54, 1.807) is 0 Å². The molecule has 0 unspecified atom stereocenters. The highest BCUT2D eigenvalue weighted by molar-refractivity contribution is 5.99. The van der Waals surface area contributed by atoms with Gasteiger partial charge < -0.3 is 9.84 Å². The van der Waals surface area contributed by atoms with Gasteiger partial charge in [-0.25, -0.2) is 0 Å². The second kappa shape index (κ2) is 6.60. The van der Waals surface area contributed by atoms with Gasteiger partial charge in [-0.2, -0.15) is 0 Å². The zero-order valence-electron chi connectivity index (χ0n) is 12.4. The number of para-hydroxylation sites is 1. The summed E-state index contributed by atoms with van der Waals surface area (Å²) in [4.78, 5) is 23.5. The first-order valence-electron chi connectivity index (χ1n) is 7.31. The third kappa shape index (κ3) is 4.71. The Bertz CT molecular complexity index is 589. The van der Waals surface area contributed by atoms with E-state index < -0.39 is 29.3 Å². The molecule has 2 rings (SSSR count). The van der Waals surface area contributed by atoms with Gasteiger partial charge in [-0.1, -0.05) is 25.0 Å². The van der Waals surface area contributed by atoms with Crippen LogP contribution in [0.4, 0.5) is 13.2 Å². The molecule has 1 saturated carbocycles. The van der Waals surface area contributed by atoms with Gasteiger partial charge in [0.05, 0.1) is 12.0 Å². The molecule has 7 heteroatoms. The van der Waals surface area contributed by atoms with Crippen molar-refractivity contribution in [3.63, 3.8) is 0 Å². The molecule has 1 aliphatic rings. The van der Waals surface area contributed by atoms with E-state index >= 15 is 0 Å². The number of halogens is 3. The average Bonchev–Trinajstić information content (AvgIpc) is 2.84. The van der Waals surface area contributed by atoms with Crippen molar-refractivity contribution in [2.24, 2.45) is 5.41 Å². The first kappa shape index (κ1) is 17.3. The average molecular weight is 330 g/mol. The third-order valence-corrected chi connectivity index (χ3v) is 4.14. The molecule has 0 atom stereocenters. The lowest BCUT2D eigenvalue weighted by Crippen LogP contribution is -2.25. The second-order valence-electron chi connectivity index (χ2n) is 5.92. The molecule has 4 nitrogen and oxygen atoms in total. The number of benzene rings is 1. The molecule has 1 N–H and O–H groups in total. The van der Waals surface area contributed by atoms with Gasteiger partial charge in [-0.05, 0) is 30.4 Å². The van der Waals surface area contributed by atoms with E-state index in [0.29, 0.717) is 12.8 Å². The summed E-state index contributed by atoms with van der Waals surface area (Å²) in [6.07, 6.45) is -2.30. The van der Waals surface area contributed by atoms with Crippen LogP contribution in [0.15, 0.2) is 24.3 Å². The Labute approximate surface area is 131 Å². The molecule has 126 valence electrons. The molecule has 0 bridgehead atoms. The summed E-state index contributed by atoms with van der Waals surface area (Å²) in [5.41, 5.74) is -0.838. The van der Waals surface area contributed by atoms with Crippen LogP contribution in [0, 0.1) is 5.41 Å². The molecule has 1 aromatic carbocycles. The Morgan fingerprint density at radius 2 is 1.74 bits per heavy atom. The van der Waals surface area contributed by atoms with Crippen LogP contribution < -0.4 is 4.74 Å². The van der Waals surface area contributed by atoms with Crippen LogP contribution in [0.25, 0.3) is 0 Å². The Morgan fingerprint density at radius 1 is 1.13 bits per heavy atom. The van der Waals surface area contributed by atoms with Crippen molar-refractivity contribution in [1.29, 1.82) is 0 Å². The normalized spacial score (nSPS) is 17.0. The van der Waals surface area contributed by atoms with E-state index in [9.17, 15) is 22.8 Å². The van der Waals surface area contributed by atoms with E-state index in [0.717, 1.165) is 18.9 Å². The minimum Gasteiger partial charge on any atom is -0.481 e. The minimum atomic E-state index is -4.89. The van der Waals surface area contributed by atoms with E-state index in [2.05, 4.69) is 4.74 Å². The molecular formula is C16H17F3O4. The Balaban J connectivity index is 2.21. The minimum absolute atomic E-state index is 0.0858. The molecule has 0 saturated heterocycles. The first-order chi connectivity index (χ1) is 10.7. The van der Waals surface area contributed by atoms with Crippen LogP contribution in [0.3, 0.4) is 0 Å². The molecular weight excluding hydrogens is 313 g/mol. The SMILES string of the molecule is O=C(O)CC1(CC(=O)c2ccccc2OC(F)(F)F)CCCC1. The predicted molar refractivity (Wildman–Crippen MR) is 75.2 cm³/mol. The van der Waals surface area contributed by atoms with Crippen molar-refractivity contribution < 1.29 is 32.6 Å². The molecule has 0 radical (unpaired) electrons. The topological polar surface area (TPSA) is 63.6 Å². The van der Waals surface area contributed by atoms with Gasteiger partial charge in [-0.15, -0.1) is 13.2 Å². The van der Waals surface area contributed by atoms with E-state index in [4.69, 9.17) is 5.11 Å². The summed E-state index contributed by atoms with van der Waals surface area (Å²) < 4.78 is 41.2. The number of hydrogen-bond donors (Lipinski definition) is 1. The Hall–Kier alpha value is -2.05. The maximum Gasteiger partial charge on any atom is 0.573 e. The maximum absolute atomic E-state index is 12.5. The molecule has 0 aliphatic heterocycles. The van der Waals surface area contributed by atoms with Gasteiger partial charge >= 0.3 is 12.3 Å². The highest BCUT2D eigenvalue weighted by atomic mass is 19.4. The molecule has 1 aromatic rings. The van der Waals surface area contributed by atoms with Crippen molar-refractivity contribution in [2.75, 3.05) is 0 Å². The summed E-state index contributed by atoms with van der Waals surface area (Å²) in [6.45, 7) is 0. The number of rotatable bonds is 6. The number of carboxylic acids is 1. The predicted octanol–water partition coefficient (Wildman–Crippen LogP) is 4.19. The van der Waals surface area contributed by atoms with E-state index in [1.165, 1.54) is 18.2 Å². The fourth-order valence-corrected chi connectivity index (χ4v) is 3.21. The van der Waals surface area contributed by atoms with Crippen molar-refractivity contribution in [3.8, 4) is 5.75 Å². The van der Waals surface area contributed by atoms with Gasteiger partial charge in [0.2, 0.25) is 0 Å². The van der Waals surface area contributed by atoms with Crippen LogP contribution in [-0.4, -0.2) is 23.2 Å². The van der Waals surface area contributed by atoms with Gasteiger partial charge in [0.25, 0.3) is 0 Å². The number of Topliss-reactive ketones (excluding diaryl/α,β-unsaturated/α-hetero) is 1. The van der Waals surface area contributed by atoms with Crippen molar-refractivity contribution >= 4 is 11.8 Å². The smallest absolute Gasteiger partial charge is 0.481 e. The second-order valence-corrected chi connectivity index (χ2v) is 5.92. The number of ether oxygens (including phenoxy) is 1. The zero-order valence-corrected chi connectivity index (χ0v) is 12.4. The fourth-order valence-electron chi connectivity index (χ4n) is 3.21. The van der Waals surface area contributed by atoms with E-state index in [-0.39, 0.29) is 18.4 Å². The van der Waals surface area contributed by atoms with Crippen molar-refractivity contribution in [2.45, 2.75) is 44.9 Å². The standard InChI is InChI=1S/C16H17F3O4/c17-16(18,19)23-13-6-2-1-5-11(13)12(20)9-15(10-14(21)22)7-3-4-8-15/h1-2,5-6H,3-4,7-10H2,(H,21,22). The van der Waals surface area contributed by atoms with Crippen LogP contribution in [0.5, 0.6) is 5.75 Å². The van der Waals surface area contributed by atoms with Crippen molar-refractivity contribution in [1.82, 2.24) is 0 Å². The number of carbonyl (C=O) groups excluding carboxylic acids is 1. The molecule has 0 aromatic heterocycles. The van der Waals surface area contributed by atoms with Crippen LogP contribution >= 0.6 is 0 Å². The summed E-state index contributed by atoms with van der Waals surface area (Å²) in [7, 11) is 0. The van der Waals surface area contributed by atoms with Gasteiger partial charge in [0, 0.05) is 6.42 Å². The molecule has 1 aliphatic carbocycles. The van der Waals surface area contributed by atoms with Crippen LogP contribution in [0.2, 0.25) is 0 Å². The van der Waals surface area contributed by atoms with Gasteiger partial charge in [-0.3, -0.25) is 9.59 Å². The number of ketones is 1. The summed E-state index contributed by atoms with van der Waals surface area (Å²) in [5, 5.41) is 9.05. The van der Waals surface area contributed by atoms with Gasteiger partial charge in [0.1, 0.15) is 5.75 Å². The fraction of sp³-hybridized carbons (Fsp3) is 0.500. The number of carboxylic acid groups (broad SMARTS) is 1. The lowest BCUT2D eigenvalue weighted by molar-refractivity contribution is -0.274. The summed E-state index contributed by atoms with van der Waals surface area (Å²) >= 11 is 0. The Morgan fingerprint density at radius 3 is 2.30 bits per heavy atom. The number of carbonyl (C=O) groups is 2. The molecule has 23 heavy (non-hydrogen) atoms. The van der Waals surface area contributed by atoms with Crippen LogP contribution in [0.1, 0.15) is 48.9 Å². The third-order valence-electron chi connectivity index (χ3n) is 4.14. The molecule has 1 fully saturated rings. The summed E-state index contributed by atoms with van der Waals surface area (Å²) in [6, 6.07) is 5.15. The molecule has 0 spiro atoms. The van der Waals surface area contributed by atoms with Crippen molar-refractivity contribution in [3.05, 3.63) is 29.8 Å². The maximum atomic E-state index is 12.5. The van der Waals surface area contributed by atoms with Gasteiger partial charge in [0.15, 0.2) is 5.78 Å². The molecule has 0 amide bonds. The molecule has 0 heterocycles. The lowest BCUT2D eigenvalue weighted by Gasteiger charge is -2.26. The highest BCUT2D eigenvalue weighted by Gasteiger charge is 2.39. The first-order valence-corrected chi connectivity index (χ1v) is 7.31. The van der Waals surface area contributed by atoms with Crippen LogP contribution in [-0.2, 0) is 4.79 Å². The quantitative estimate of drug-likeness (QED) is 0.794. The Kier molecular flexibility index (Phi) is 4.97. The number of aliphatic carboxylic acids is 1. The monoisotopic (exact) mass is 330 g/mol. The zero-order chi connectivity index (χ0) is 17.1. The number of hydrogen-bond acceptors (Lipinski definition) is 3.